The highest BCUT2D eigenvalue weighted by atomic mass is 16.4. The van der Waals surface area contributed by atoms with Crippen LogP contribution in [-0.2, 0) is 4.79 Å². The maximum absolute atomic E-state index is 10.4. The van der Waals surface area contributed by atoms with E-state index in [0.717, 1.165) is 0 Å². The van der Waals surface area contributed by atoms with E-state index in [-0.39, 0.29) is 6.29 Å². The molecule has 7 nitrogen and oxygen atoms in total. The maximum Gasteiger partial charge on any atom is 0.201 e. The number of aliphatic hydroxyl groups excluding tert-OH is 4. The molecule has 84 valence electrons. The molecule has 0 aliphatic carbocycles. The Morgan fingerprint density at radius 1 is 1.43 bits per heavy atom. The Labute approximate surface area is 80.6 Å². The van der Waals surface area contributed by atoms with E-state index in [9.17, 15) is 15.0 Å². The van der Waals surface area contributed by atoms with E-state index in [0.29, 0.717) is 0 Å². The highest BCUT2D eigenvalue weighted by molar-refractivity contribution is 5.62. The molecule has 0 amide bonds. The van der Waals surface area contributed by atoms with Crippen molar-refractivity contribution in [2.75, 3.05) is 13.7 Å². The Hall–Kier alpha value is -0.570. The lowest BCUT2D eigenvalue weighted by Gasteiger charge is -2.31. The van der Waals surface area contributed by atoms with Crippen LogP contribution in [0.15, 0.2) is 0 Å². The normalized spacial score (nSPS) is 22.1. The minimum absolute atomic E-state index is 0.00895. The van der Waals surface area contributed by atoms with Gasteiger partial charge in [-0.2, -0.15) is 0 Å². The zero-order chi connectivity index (χ0) is 11.4. The Bertz CT molecular complexity index is 189. The fourth-order valence-electron chi connectivity index (χ4n) is 0.855. The molecule has 0 saturated carbocycles. The summed E-state index contributed by atoms with van der Waals surface area (Å²) in [6, 6.07) is 0. The number of carbonyl (C=O) groups is 1. The number of hydrogen-bond donors (Lipinski definition) is 6. The van der Waals surface area contributed by atoms with Crippen LogP contribution in [0.1, 0.15) is 0 Å². The van der Waals surface area contributed by atoms with Gasteiger partial charge in [0.05, 0.1) is 6.61 Å². The third kappa shape index (κ3) is 2.71. The fourth-order valence-corrected chi connectivity index (χ4v) is 0.855. The van der Waals surface area contributed by atoms with Gasteiger partial charge < -0.3 is 25.5 Å². The van der Waals surface area contributed by atoms with Crippen molar-refractivity contribution >= 4 is 6.29 Å². The number of nitrogens with one attached hydrogen (secondary N) is 1. The topological polar surface area (TPSA) is 130 Å². The molecule has 0 rings (SSSR count). The Morgan fingerprint density at radius 2 is 1.93 bits per heavy atom. The van der Waals surface area contributed by atoms with Crippen molar-refractivity contribution in [3.05, 3.63) is 0 Å². The van der Waals surface area contributed by atoms with Crippen LogP contribution in [-0.4, -0.2) is 69.5 Å². The lowest BCUT2D eigenvalue weighted by Crippen LogP contribution is -2.61. The van der Waals surface area contributed by atoms with Gasteiger partial charge in [0.2, 0.25) is 5.72 Å². The van der Waals surface area contributed by atoms with E-state index in [1.54, 1.807) is 0 Å². The third-order valence-corrected chi connectivity index (χ3v) is 1.94. The summed E-state index contributed by atoms with van der Waals surface area (Å²) in [5.41, 5.74) is -2.35. The van der Waals surface area contributed by atoms with Gasteiger partial charge in [0, 0.05) is 0 Å². The Morgan fingerprint density at radius 3 is 2.21 bits per heavy atom. The molecule has 0 aliphatic rings. The molecule has 0 radical (unpaired) electrons. The standard InChI is InChI=1S/C7H15NO6/c1-8-7(14,3-10)6(13)5(12)4(11)2-9/h3-6,8-9,11-14H,2H2,1H3/t4-,5-,6+,7+/m0/s1. The van der Waals surface area contributed by atoms with Crippen LogP contribution in [0.4, 0.5) is 0 Å². The molecule has 0 aliphatic heterocycles. The van der Waals surface area contributed by atoms with Gasteiger partial charge in [-0.1, -0.05) is 0 Å². The zero-order valence-electron chi connectivity index (χ0n) is 7.66. The number of rotatable bonds is 6. The van der Waals surface area contributed by atoms with Gasteiger partial charge in [-0.3, -0.25) is 10.1 Å². The summed E-state index contributed by atoms with van der Waals surface area (Å²) in [7, 11) is 1.19. The number of carbonyl (C=O) groups excluding carboxylic acids is 1. The minimum Gasteiger partial charge on any atom is -0.394 e. The summed E-state index contributed by atoms with van der Waals surface area (Å²) in [5.74, 6) is 0. The van der Waals surface area contributed by atoms with E-state index in [1.165, 1.54) is 7.05 Å². The monoisotopic (exact) mass is 209 g/mol. The van der Waals surface area contributed by atoms with Crippen LogP contribution in [0.5, 0.6) is 0 Å². The average Bonchev–Trinajstić information content (AvgIpc) is 2.24. The van der Waals surface area contributed by atoms with E-state index in [1.807, 2.05) is 0 Å². The van der Waals surface area contributed by atoms with Crippen molar-refractivity contribution in [1.29, 1.82) is 0 Å². The smallest absolute Gasteiger partial charge is 0.201 e. The molecule has 0 unspecified atom stereocenters. The lowest BCUT2D eigenvalue weighted by atomic mass is 9.99. The first-order valence-electron chi connectivity index (χ1n) is 3.95. The van der Waals surface area contributed by atoms with Crippen LogP contribution in [0, 0.1) is 0 Å². The molecule has 0 saturated heterocycles. The number of likely N-dealkylation sites (N-methyl/N-ethyl adjacent to an activating group) is 1. The SMILES string of the molecule is CN[C@@](O)(C=O)[C@H](O)[C@@H](O)[C@@H](O)CO. The second-order valence-electron chi connectivity index (χ2n) is 2.88. The Balaban J connectivity index is 4.57. The van der Waals surface area contributed by atoms with Crippen molar-refractivity contribution in [2.45, 2.75) is 24.0 Å². The molecular weight excluding hydrogens is 194 g/mol. The van der Waals surface area contributed by atoms with Gasteiger partial charge in [0.1, 0.15) is 18.3 Å². The summed E-state index contributed by atoms with van der Waals surface area (Å²) in [6.45, 7) is -0.795. The highest BCUT2D eigenvalue weighted by Gasteiger charge is 2.41. The molecule has 0 fully saturated rings. The lowest BCUT2D eigenvalue weighted by molar-refractivity contribution is -0.171. The molecule has 0 bridgehead atoms. The molecule has 0 spiro atoms. The van der Waals surface area contributed by atoms with Gasteiger partial charge in [-0.25, -0.2) is 0 Å². The second-order valence-corrected chi connectivity index (χ2v) is 2.88. The molecule has 7 heteroatoms. The van der Waals surface area contributed by atoms with Crippen molar-refractivity contribution in [3.63, 3.8) is 0 Å². The van der Waals surface area contributed by atoms with E-state index >= 15 is 0 Å². The molecule has 0 heterocycles. The minimum atomic E-state index is -2.35. The van der Waals surface area contributed by atoms with Gasteiger partial charge in [0.25, 0.3) is 0 Å². The van der Waals surface area contributed by atoms with Crippen molar-refractivity contribution < 1.29 is 30.3 Å². The largest absolute Gasteiger partial charge is 0.394 e. The van der Waals surface area contributed by atoms with Gasteiger partial charge in [-0.15, -0.1) is 0 Å². The van der Waals surface area contributed by atoms with Crippen molar-refractivity contribution in [3.8, 4) is 0 Å². The molecule has 0 aromatic heterocycles. The Kier molecular flexibility index (Phi) is 5.13. The van der Waals surface area contributed by atoms with Crippen LogP contribution in [0.3, 0.4) is 0 Å². The predicted molar refractivity (Wildman–Crippen MR) is 45.2 cm³/mol. The van der Waals surface area contributed by atoms with Gasteiger partial charge in [-0.05, 0) is 7.05 Å². The van der Waals surface area contributed by atoms with E-state index in [4.69, 9.17) is 15.3 Å². The summed E-state index contributed by atoms with van der Waals surface area (Å²) < 4.78 is 0. The zero-order valence-corrected chi connectivity index (χ0v) is 7.66. The number of hydrogen-bond acceptors (Lipinski definition) is 7. The molecule has 6 N–H and O–H groups in total. The molecular formula is C7H15NO6. The van der Waals surface area contributed by atoms with Crippen LogP contribution in [0.25, 0.3) is 0 Å². The third-order valence-electron chi connectivity index (χ3n) is 1.94. The van der Waals surface area contributed by atoms with Gasteiger partial charge in [0.15, 0.2) is 6.29 Å². The van der Waals surface area contributed by atoms with E-state index in [2.05, 4.69) is 5.32 Å². The summed E-state index contributed by atoms with van der Waals surface area (Å²) in [5, 5.41) is 47.2. The average molecular weight is 209 g/mol. The van der Waals surface area contributed by atoms with E-state index < -0.39 is 30.6 Å². The fraction of sp³-hybridized carbons (Fsp3) is 0.857. The second kappa shape index (κ2) is 5.35. The first-order valence-corrected chi connectivity index (χ1v) is 3.95. The molecule has 0 aromatic carbocycles. The maximum atomic E-state index is 10.4. The van der Waals surface area contributed by atoms with Crippen LogP contribution < -0.4 is 5.32 Å². The molecule has 14 heavy (non-hydrogen) atoms. The van der Waals surface area contributed by atoms with Crippen LogP contribution in [0.2, 0.25) is 0 Å². The summed E-state index contributed by atoms with van der Waals surface area (Å²) in [6.07, 6.45) is -5.41. The van der Waals surface area contributed by atoms with Crippen LogP contribution >= 0.6 is 0 Å². The summed E-state index contributed by atoms with van der Waals surface area (Å²) in [4.78, 5) is 10.4. The number of aldehydes is 1. The summed E-state index contributed by atoms with van der Waals surface area (Å²) >= 11 is 0. The molecule has 0 aromatic rings. The van der Waals surface area contributed by atoms with Crippen molar-refractivity contribution in [1.82, 2.24) is 5.32 Å². The van der Waals surface area contributed by atoms with Crippen molar-refractivity contribution in [2.24, 2.45) is 0 Å². The molecule has 4 atom stereocenters. The highest BCUT2D eigenvalue weighted by Crippen LogP contribution is 2.10. The number of aliphatic hydroxyl groups is 5. The first-order chi connectivity index (χ1) is 6.42. The predicted octanol–water partition coefficient (Wildman–Crippen LogP) is -3.83. The van der Waals surface area contributed by atoms with Gasteiger partial charge >= 0.3 is 0 Å². The first kappa shape index (κ1) is 13.4. The quantitative estimate of drug-likeness (QED) is 0.195.